The molecule has 0 bridgehead atoms. The molecular formula is C20H17N5O2S. The van der Waals surface area contributed by atoms with Gasteiger partial charge < -0.3 is 0 Å². The van der Waals surface area contributed by atoms with Gasteiger partial charge in [-0.2, -0.15) is 5.10 Å². The number of rotatable bonds is 5. The zero-order chi connectivity index (χ0) is 19.7. The lowest BCUT2D eigenvalue weighted by atomic mass is 10.1. The molecule has 0 radical (unpaired) electrons. The first kappa shape index (κ1) is 18.0. The summed E-state index contributed by atoms with van der Waals surface area (Å²) in [4.78, 5) is 33.3. The molecule has 4 rings (SSSR count). The van der Waals surface area contributed by atoms with E-state index in [-0.39, 0.29) is 11.7 Å². The number of nitrogens with one attached hydrogen (secondary N) is 1. The molecule has 0 saturated carbocycles. The highest BCUT2D eigenvalue weighted by Crippen LogP contribution is 2.26. The lowest BCUT2D eigenvalue weighted by Gasteiger charge is -2.08. The fourth-order valence-electron chi connectivity index (χ4n) is 2.88. The SMILES string of the molecule is CCn1ncc2c(C(=O)Nc3nc(C(C)=O)cs3)cc(-c3ccccc3)nc21. The van der Waals surface area contributed by atoms with E-state index in [0.717, 1.165) is 5.56 Å². The summed E-state index contributed by atoms with van der Waals surface area (Å²) in [6, 6.07) is 11.4. The number of fused-ring (bicyclic) bond motifs is 1. The molecule has 4 aromatic rings. The maximum absolute atomic E-state index is 13.0. The topological polar surface area (TPSA) is 89.8 Å². The highest BCUT2D eigenvalue weighted by Gasteiger charge is 2.18. The highest BCUT2D eigenvalue weighted by atomic mass is 32.1. The van der Waals surface area contributed by atoms with E-state index in [1.165, 1.54) is 18.3 Å². The van der Waals surface area contributed by atoms with Crippen molar-refractivity contribution in [2.24, 2.45) is 0 Å². The summed E-state index contributed by atoms with van der Waals surface area (Å²) in [5.74, 6) is -0.455. The maximum Gasteiger partial charge on any atom is 0.258 e. The molecule has 3 heterocycles. The van der Waals surface area contributed by atoms with Gasteiger partial charge in [0.25, 0.3) is 5.91 Å². The zero-order valence-electron chi connectivity index (χ0n) is 15.3. The van der Waals surface area contributed by atoms with Crippen LogP contribution in [0.15, 0.2) is 48.0 Å². The number of Topliss-reactive ketones (excluding diaryl/α,β-unsaturated/α-hetero) is 1. The molecule has 0 spiro atoms. The predicted octanol–water partition coefficient (Wildman–Crippen LogP) is 4.03. The number of carbonyl (C=O) groups excluding carboxylic acids is 2. The predicted molar refractivity (Wildman–Crippen MR) is 109 cm³/mol. The zero-order valence-corrected chi connectivity index (χ0v) is 16.2. The number of nitrogens with zero attached hydrogens (tertiary/aromatic N) is 4. The molecule has 0 saturated heterocycles. The summed E-state index contributed by atoms with van der Waals surface area (Å²) in [5, 5.41) is 9.80. The van der Waals surface area contributed by atoms with Crippen molar-refractivity contribution >= 4 is 39.2 Å². The number of thiazole rings is 1. The normalized spacial score (nSPS) is 10.9. The summed E-state index contributed by atoms with van der Waals surface area (Å²) < 4.78 is 1.76. The smallest absolute Gasteiger partial charge is 0.258 e. The van der Waals surface area contributed by atoms with Gasteiger partial charge in [0.15, 0.2) is 16.6 Å². The molecule has 0 fully saturated rings. The van der Waals surface area contributed by atoms with E-state index < -0.39 is 0 Å². The fraction of sp³-hybridized carbons (Fsp3) is 0.150. The van der Waals surface area contributed by atoms with Crippen molar-refractivity contribution in [2.45, 2.75) is 20.4 Å². The van der Waals surface area contributed by atoms with Crippen LogP contribution < -0.4 is 5.32 Å². The summed E-state index contributed by atoms with van der Waals surface area (Å²) in [7, 11) is 0. The molecule has 3 aromatic heterocycles. The third kappa shape index (κ3) is 3.29. The van der Waals surface area contributed by atoms with E-state index in [0.29, 0.717) is 39.7 Å². The van der Waals surface area contributed by atoms with Crippen molar-refractivity contribution in [3.05, 3.63) is 59.2 Å². The molecule has 0 aliphatic rings. The van der Waals surface area contributed by atoms with Gasteiger partial charge in [-0.05, 0) is 13.0 Å². The minimum Gasteiger partial charge on any atom is -0.298 e. The lowest BCUT2D eigenvalue weighted by molar-refractivity contribution is 0.100. The van der Waals surface area contributed by atoms with Gasteiger partial charge in [-0.1, -0.05) is 30.3 Å². The number of aryl methyl sites for hydroxylation is 1. The van der Waals surface area contributed by atoms with E-state index in [4.69, 9.17) is 4.98 Å². The van der Waals surface area contributed by atoms with Crippen LogP contribution in [-0.4, -0.2) is 31.4 Å². The van der Waals surface area contributed by atoms with Crippen LogP contribution in [0.25, 0.3) is 22.3 Å². The van der Waals surface area contributed by atoms with E-state index in [2.05, 4.69) is 15.4 Å². The molecular weight excluding hydrogens is 374 g/mol. The molecule has 28 heavy (non-hydrogen) atoms. The largest absolute Gasteiger partial charge is 0.298 e. The highest BCUT2D eigenvalue weighted by molar-refractivity contribution is 7.14. The van der Waals surface area contributed by atoms with Gasteiger partial charge in [-0.25, -0.2) is 14.6 Å². The van der Waals surface area contributed by atoms with Crippen LogP contribution in [0, 0.1) is 0 Å². The molecule has 0 aliphatic carbocycles. The molecule has 8 heteroatoms. The molecule has 1 aromatic carbocycles. The Hall–Kier alpha value is -3.39. The van der Waals surface area contributed by atoms with Crippen molar-refractivity contribution in [2.75, 3.05) is 5.32 Å². The first-order valence-corrected chi connectivity index (χ1v) is 9.64. The Bertz CT molecular complexity index is 1180. The monoisotopic (exact) mass is 391 g/mol. The van der Waals surface area contributed by atoms with Crippen molar-refractivity contribution in [1.29, 1.82) is 0 Å². The standard InChI is InChI=1S/C20H17N5O2S/c1-3-25-18-15(10-21-25)14(9-16(22-18)13-7-5-4-6-8-13)19(27)24-20-23-17(11-28-20)12(2)26/h4-11H,3H2,1-2H3,(H,23,24,27). The number of hydrogen-bond donors (Lipinski definition) is 1. The number of benzene rings is 1. The Labute approximate surface area is 165 Å². The average molecular weight is 391 g/mol. The second-order valence-electron chi connectivity index (χ2n) is 6.17. The second-order valence-corrected chi connectivity index (χ2v) is 7.03. The van der Waals surface area contributed by atoms with Gasteiger partial charge in [0.1, 0.15) is 5.69 Å². The summed E-state index contributed by atoms with van der Waals surface area (Å²) in [6.45, 7) is 4.06. The van der Waals surface area contributed by atoms with E-state index >= 15 is 0 Å². The van der Waals surface area contributed by atoms with Crippen LogP contribution >= 0.6 is 11.3 Å². The van der Waals surface area contributed by atoms with Gasteiger partial charge >= 0.3 is 0 Å². The van der Waals surface area contributed by atoms with Crippen LogP contribution in [-0.2, 0) is 6.54 Å². The lowest BCUT2D eigenvalue weighted by Crippen LogP contribution is -2.13. The van der Waals surface area contributed by atoms with Crippen molar-refractivity contribution in [3.63, 3.8) is 0 Å². The van der Waals surface area contributed by atoms with Crippen molar-refractivity contribution in [1.82, 2.24) is 19.7 Å². The summed E-state index contributed by atoms with van der Waals surface area (Å²) in [5.41, 5.74) is 3.05. The molecule has 0 atom stereocenters. The van der Waals surface area contributed by atoms with Gasteiger partial charge in [-0.3, -0.25) is 14.9 Å². The molecule has 1 N–H and O–H groups in total. The summed E-state index contributed by atoms with van der Waals surface area (Å²) in [6.07, 6.45) is 1.65. The Morgan fingerprint density at radius 2 is 1.96 bits per heavy atom. The number of hydrogen-bond acceptors (Lipinski definition) is 6. The van der Waals surface area contributed by atoms with Crippen LogP contribution in [0.4, 0.5) is 5.13 Å². The summed E-state index contributed by atoms with van der Waals surface area (Å²) >= 11 is 1.22. The number of aromatic nitrogens is 4. The number of carbonyl (C=O) groups is 2. The van der Waals surface area contributed by atoms with Crippen molar-refractivity contribution < 1.29 is 9.59 Å². The van der Waals surface area contributed by atoms with Crippen LogP contribution in [0.5, 0.6) is 0 Å². The third-order valence-corrected chi connectivity index (χ3v) is 5.07. The molecule has 0 unspecified atom stereocenters. The van der Waals surface area contributed by atoms with E-state index in [1.54, 1.807) is 22.3 Å². The molecule has 140 valence electrons. The van der Waals surface area contributed by atoms with Crippen LogP contribution in [0.1, 0.15) is 34.7 Å². The second kappa shape index (κ2) is 7.32. The van der Waals surface area contributed by atoms with E-state index in [1.807, 2.05) is 37.3 Å². The maximum atomic E-state index is 13.0. The molecule has 1 amide bonds. The Balaban J connectivity index is 1.79. The molecule has 7 nitrogen and oxygen atoms in total. The van der Waals surface area contributed by atoms with Gasteiger partial charge in [0.05, 0.1) is 22.8 Å². The minimum absolute atomic E-state index is 0.140. The first-order chi connectivity index (χ1) is 13.6. The number of ketones is 1. The van der Waals surface area contributed by atoms with Crippen LogP contribution in [0.3, 0.4) is 0 Å². The Morgan fingerprint density at radius 3 is 2.64 bits per heavy atom. The number of pyridine rings is 1. The average Bonchev–Trinajstić information content (AvgIpc) is 3.34. The van der Waals surface area contributed by atoms with Gasteiger partial charge in [0.2, 0.25) is 0 Å². The first-order valence-electron chi connectivity index (χ1n) is 8.76. The van der Waals surface area contributed by atoms with Gasteiger partial charge in [0, 0.05) is 24.4 Å². The number of anilines is 1. The quantitative estimate of drug-likeness (QED) is 0.519. The Kier molecular flexibility index (Phi) is 4.70. The minimum atomic E-state index is -0.315. The van der Waals surface area contributed by atoms with Gasteiger partial charge in [-0.15, -0.1) is 11.3 Å². The Morgan fingerprint density at radius 1 is 1.18 bits per heavy atom. The fourth-order valence-corrected chi connectivity index (χ4v) is 3.63. The van der Waals surface area contributed by atoms with E-state index in [9.17, 15) is 9.59 Å². The van der Waals surface area contributed by atoms with Crippen molar-refractivity contribution in [3.8, 4) is 11.3 Å². The van der Waals surface area contributed by atoms with Crippen LogP contribution in [0.2, 0.25) is 0 Å². The molecule has 0 aliphatic heterocycles. The number of amides is 1. The third-order valence-electron chi connectivity index (χ3n) is 4.31.